The highest BCUT2D eigenvalue weighted by molar-refractivity contribution is 7.92. The number of ether oxygens (including phenoxy) is 1. The summed E-state index contributed by atoms with van der Waals surface area (Å²) in [5.41, 5.74) is 2.64. The molecule has 0 saturated heterocycles. The zero-order valence-electron chi connectivity index (χ0n) is 19.5. The first kappa shape index (κ1) is 25.3. The van der Waals surface area contributed by atoms with Crippen LogP contribution in [0.3, 0.4) is 0 Å². The number of sulfone groups is 1. The maximum atomic E-state index is 12.7. The van der Waals surface area contributed by atoms with Crippen LogP contribution in [0.5, 0.6) is 0 Å². The minimum absolute atomic E-state index is 0.0878. The number of benzene rings is 2. The summed E-state index contributed by atoms with van der Waals surface area (Å²) >= 11 is 1.10. The number of fused-ring (bicyclic) bond motifs is 2. The molecule has 0 aliphatic carbocycles. The van der Waals surface area contributed by atoms with E-state index in [-0.39, 0.29) is 18.0 Å². The monoisotopic (exact) mass is 525 g/mol. The number of thiazole rings is 1. The molecule has 36 heavy (non-hydrogen) atoms. The summed E-state index contributed by atoms with van der Waals surface area (Å²) in [5.74, 6) is -1.19. The lowest BCUT2D eigenvalue weighted by atomic mass is 10.2. The minimum Gasteiger partial charge on any atom is -0.462 e. The zero-order chi connectivity index (χ0) is 25.9. The van der Waals surface area contributed by atoms with Gasteiger partial charge in [-0.2, -0.15) is 4.99 Å². The van der Waals surface area contributed by atoms with Gasteiger partial charge in [-0.05, 0) is 43.2 Å². The Morgan fingerprint density at radius 2 is 1.94 bits per heavy atom. The SMILES string of the molecule is C#CCn1c(=NC(=O)CS(=O)(=O)CC(=O)N2CCc3ccccc32)sc2cc(C(=O)OCC)ccc21. The molecule has 0 spiro atoms. The lowest BCUT2D eigenvalue weighted by molar-refractivity contribution is -0.116. The average Bonchev–Trinajstić information content (AvgIpc) is 3.40. The number of esters is 1. The van der Waals surface area contributed by atoms with Crippen molar-refractivity contribution in [2.24, 2.45) is 4.99 Å². The number of nitrogens with zero attached hydrogens (tertiary/aromatic N) is 3. The van der Waals surface area contributed by atoms with Gasteiger partial charge in [0.25, 0.3) is 5.91 Å². The number of rotatable bonds is 7. The molecule has 2 amide bonds. The zero-order valence-corrected chi connectivity index (χ0v) is 21.1. The lowest BCUT2D eigenvalue weighted by Crippen LogP contribution is -2.36. The van der Waals surface area contributed by atoms with Crippen molar-refractivity contribution in [3.8, 4) is 12.3 Å². The number of hydrogen-bond acceptors (Lipinski definition) is 7. The van der Waals surface area contributed by atoms with Crippen molar-refractivity contribution in [2.75, 3.05) is 29.6 Å². The summed E-state index contributed by atoms with van der Waals surface area (Å²) in [4.78, 5) is 43.0. The number of amides is 2. The van der Waals surface area contributed by atoms with Crippen LogP contribution in [0.25, 0.3) is 10.2 Å². The van der Waals surface area contributed by atoms with Crippen LogP contribution in [0.1, 0.15) is 22.8 Å². The Morgan fingerprint density at radius 3 is 2.69 bits per heavy atom. The van der Waals surface area contributed by atoms with Gasteiger partial charge in [0.15, 0.2) is 14.6 Å². The maximum absolute atomic E-state index is 12.7. The maximum Gasteiger partial charge on any atom is 0.338 e. The van der Waals surface area contributed by atoms with E-state index in [1.807, 2.05) is 12.1 Å². The fourth-order valence-electron chi connectivity index (χ4n) is 3.99. The Hall–Kier alpha value is -3.75. The summed E-state index contributed by atoms with van der Waals surface area (Å²) in [6, 6.07) is 12.2. The van der Waals surface area contributed by atoms with Crippen molar-refractivity contribution >= 4 is 54.9 Å². The molecular weight excluding hydrogens is 502 g/mol. The summed E-state index contributed by atoms with van der Waals surface area (Å²) in [6.07, 6.45) is 6.12. The van der Waals surface area contributed by atoms with Crippen LogP contribution in [-0.2, 0) is 37.1 Å². The quantitative estimate of drug-likeness (QED) is 0.344. The van der Waals surface area contributed by atoms with Crippen molar-refractivity contribution < 1.29 is 27.5 Å². The van der Waals surface area contributed by atoms with Crippen molar-refractivity contribution in [1.82, 2.24) is 4.57 Å². The van der Waals surface area contributed by atoms with E-state index < -0.39 is 39.1 Å². The van der Waals surface area contributed by atoms with Gasteiger partial charge in [0.2, 0.25) is 5.91 Å². The van der Waals surface area contributed by atoms with E-state index in [9.17, 15) is 22.8 Å². The highest BCUT2D eigenvalue weighted by Gasteiger charge is 2.29. The molecule has 0 atom stereocenters. The van der Waals surface area contributed by atoms with E-state index in [1.165, 1.54) is 4.90 Å². The van der Waals surface area contributed by atoms with Gasteiger partial charge in [-0.1, -0.05) is 35.5 Å². The first-order chi connectivity index (χ1) is 17.2. The molecule has 3 aromatic rings. The topological polar surface area (TPSA) is 115 Å². The molecule has 1 aromatic heterocycles. The lowest BCUT2D eigenvalue weighted by Gasteiger charge is -2.17. The third-order valence-electron chi connectivity index (χ3n) is 5.54. The second kappa shape index (κ2) is 10.5. The molecule has 11 heteroatoms. The van der Waals surface area contributed by atoms with E-state index in [0.29, 0.717) is 34.4 Å². The van der Waals surface area contributed by atoms with Gasteiger partial charge >= 0.3 is 5.97 Å². The van der Waals surface area contributed by atoms with Gasteiger partial charge in [-0.25, -0.2) is 13.2 Å². The molecule has 186 valence electrons. The number of aromatic nitrogens is 1. The highest BCUT2D eigenvalue weighted by Crippen LogP contribution is 2.27. The second-order valence-corrected chi connectivity index (χ2v) is 11.1. The molecule has 0 fully saturated rings. The Morgan fingerprint density at radius 1 is 1.17 bits per heavy atom. The smallest absolute Gasteiger partial charge is 0.338 e. The van der Waals surface area contributed by atoms with Gasteiger partial charge in [-0.15, -0.1) is 6.42 Å². The predicted molar refractivity (Wildman–Crippen MR) is 136 cm³/mol. The number of para-hydroxylation sites is 1. The second-order valence-electron chi connectivity index (χ2n) is 8.04. The number of anilines is 1. The average molecular weight is 526 g/mol. The molecule has 0 radical (unpaired) electrons. The molecular formula is C25H23N3O6S2. The van der Waals surface area contributed by atoms with Crippen LogP contribution in [-0.4, -0.2) is 55.4 Å². The van der Waals surface area contributed by atoms with Gasteiger partial charge in [0, 0.05) is 12.2 Å². The van der Waals surface area contributed by atoms with Crippen LogP contribution in [0.2, 0.25) is 0 Å². The summed E-state index contributed by atoms with van der Waals surface area (Å²) in [5, 5.41) is 0. The van der Waals surface area contributed by atoms with E-state index in [2.05, 4.69) is 10.9 Å². The van der Waals surface area contributed by atoms with Gasteiger partial charge in [0.1, 0.15) is 11.5 Å². The molecule has 1 aliphatic heterocycles. The predicted octanol–water partition coefficient (Wildman–Crippen LogP) is 1.94. The molecule has 9 nitrogen and oxygen atoms in total. The first-order valence-electron chi connectivity index (χ1n) is 11.1. The van der Waals surface area contributed by atoms with Crippen LogP contribution in [0, 0.1) is 12.3 Å². The van der Waals surface area contributed by atoms with Crippen molar-refractivity contribution in [3.05, 3.63) is 58.4 Å². The molecule has 0 bridgehead atoms. The van der Waals surface area contributed by atoms with Crippen LogP contribution in [0.15, 0.2) is 47.5 Å². The van der Waals surface area contributed by atoms with Crippen molar-refractivity contribution in [2.45, 2.75) is 19.9 Å². The largest absolute Gasteiger partial charge is 0.462 e. The number of terminal acetylenes is 1. The molecule has 1 aliphatic rings. The Bertz CT molecular complexity index is 1580. The minimum atomic E-state index is -4.06. The Balaban J connectivity index is 1.55. The summed E-state index contributed by atoms with van der Waals surface area (Å²) in [7, 11) is -4.06. The third kappa shape index (κ3) is 5.40. The van der Waals surface area contributed by atoms with Crippen molar-refractivity contribution in [1.29, 1.82) is 0 Å². The van der Waals surface area contributed by atoms with Gasteiger partial charge in [0.05, 0.1) is 28.9 Å². The molecule has 0 unspecified atom stereocenters. The fourth-order valence-corrected chi connectivity index (χ4v) is 6.15. The third-order valence-corrected chi connectivity index (χ3v) is 7.95. The number of carbonyl (C=O) groups is 3. The van der Waals surface area contributed by atoms with E-state index in [4.69, 9.17) is 11.2 Å². The molecule has 4 rings (SSSR count). The van der Waals surface area contributed by atoms with Crippen LogP contribution >= 0.6 is 11.3 Å². The van der Waals surface area contributed by atoms with E-state index >= 15 is 0 Å². The normalized spacial score (nSPS) is 13.4. The fraction of sp³-hybridized carbons (Fsp3) is 0.280. The molecule has 0 saturated carbocycles. The molecule has 0 N–H and O–H groups in total. The van der Waals surface area contributed by atoms with Crippen LogP contribution < -0.4 is 9.70 Å². The first-order valence-corrected chi connectivity index (χ1v) is 13.8. The van der Waals surface area contributed by atoms with E-state index in [1.54, 1.807) is 41.8 Å². The number of carbonyl (C=O) groups excluding carboxylic acids is 3. The molecule has 2 aromatic carbocycles. The number of hydrogen-bond donors (Lipinski definition) is 0. The Kier molecular flexibility index (Phi) is 7.37. The standard InChI is InChI=1S/C25H23N3O6S2/c1-3-12-28-20-10-9-18(24(31)34-4-2)14-21(20)35-25(28)26-22(29)15-36(32,33)16-23(30)27-13-11-17-7-5-6-8-19(17)27/h1,5-10,14H,4,11-13,15-16H2,2H3. The highest BCUT2D eigenvalue weighted by atomic mass is 32.2. The Labute approximate surface area is 211 Å². The summed E-state index contributed by atoms with van der Waals surface area (Å²) in [6.45, 7) is 2.42. The van der Waals surface area contributed by atoms with Crippen LogP contribution in [0.4, 0.5) is 5.69 Å². The molecule has 2 heterocycles. The van der Waals surface area contributed by atoms with Gasteiger partial charge in [-0.3, -0.25) is 9.59 Å². The van der Waals surface area contributed by atoms with E-state index in [0.717, 1.165) is 16.9 Å². The van der Waals surface area contributed by atoms with Gasteiger partial charge < -0.3 is 14.2 Å². The van der Waals surface area contributed by atoms with Crippen molar-refractivity contribution in [3.63, 3.8) is 0 Å². The summed E-state index contributed by atoms with van der Waals surface area (Å²) < 4.78 is 32.6.